The number of nitrogens with zero attached hydrogens (tertiary/aromatic N) is 2. The van der Waals surface area contributed by atoms with Crippen LogP contribution in [0.15, 0.2) is 18.3 Å². The van der Waals surface area contributed by atoms with Gasteiger partial charge in [-0.3, -0.25) is 9.20 Å². The number of halogens is 4. The first-order chi connectivity index (χ1) is 12.1. The van der Waals surface area contributed by atoms with Gasteiger partial charge in [0.25, 0.3) is 0 Å². The third kappa shape index (κ3) is 2.56. The Hall–Kier alpha value is -2.16. The lowest BCUT2D eigenvalue weighted by Gasteiger charge is -2.25. The Balaban J connectivity index is 1.71. The zero-order valence-electron chi connectivity index (χ0n) is 14.2. The number of amides is 1. The number of nitrogens with one attached hydrogen (secondary N) is 2. The third-order valence-corrected chi connectivity index (χ3v) is 5.27. The van der Waals surface area contributed by atoms with Gasteiger partial charge in [-0.05, 0) is 50.9 Å². The Bertz CT molecular complexity index is 879. The second-order valence-electron chi connectivity index (χ2n) is 7.48. The number of piperidine rings is 1. The van der Waals surface area contributed by atoms with E-state index in [2.05, 4.69) is 15.6 Å². The maximum absolute atomic E-state index is 14.1. The van der Waals surface area contributed by atoms with Gasteiger partial charge in [0, 0.05) is 12.1 Å². The molecule has 0 radical (unpaired) electrons. The van der Waals surface area contributed by atoms with Gasteiger partial charge < -0.3 is 10.6 Å². The van der Waals surface area contributed by atoms with E-state index in [1.165, 1.54) is 12.3 Å². The highest BCUT2D eigenvalue weighted by Crippen LogP contribution is 2.49. The molecule has 5 nitrogen and oxygen atoms in total. The number of hydrogen-bond acceptors (Lipinski definition) is 3. The van der Waals surface area contributed by atoms with Crippen LogP contribution in [0.3, 0.4) is 0 Å². The van der Waals surface area contributed by atoms with Crippen molar-refractivity contribution < 1.29 is 22.4 Å². The van der Waals surface area contributed by atoms with Gasteiger partial charge in [-0.15, -0.1) is 0 Å². The van der Waals surface area contributed by atoms with Crippen molar-refractivity contribution in [2.24, 2.45) is 17.8 Å². The van der Waals surface area contributed by atoms with Crippen LogP contribution >= 0.6 is 0 Å². The number of aromatic nitrogens is 2. The molecule has 9 heteroatoms. The molecule has 1 amide bonds. The second-order valence-corrected chi connectivity index (χ2v) is 7.48. The highest BCUT2D eigenvalue weighted by molar-refractivity contribution is 5.83. The Morgan fingerprint density at radius 1 is 1.31 bits per heavy atom. The summed E-state index contributed by atoms with van der Waals surface area (Å²) in [5, 5.41) is 5.99. The number of imidazole rings is 1. The Morgan fingerprint density at radius 3 is 2.58 bits per heavy atom. The van der Waals surface area contributed by atoms with Crippen LogP contribution in [0.25, 0.3) is 5.52 Å². The molecule has 3 heterocycles. The summed E-state index contributed by atoms with van der Waals surface area (Å²) in [5.41, 5.74) is -3.12. The van der Waals surface area contributed by atoms with E-state index in [4.69, 9.17) is 0 Å². The Morgan fingerprint density at radius 2 is 1.96 bits per heavy atom. The highest BCUT2D eigenvalue weighted by Gasteiger charge is 2.57. The van der Waals surface area contributed by atoms with Crippen LogP contribution in [0.1, 0.15) is 25.4 Å². The van der Waals surface area contributed by atoms with Crippen molar-refractivity contribution in [3.05, 3.63) is 35.7 Å². The molecule has 2 aliphatic rings. The van der Waals surface area contributed by atoms with Crippen LogP contribution in [-0.4, -0.2) is 28.4 Å². The normalized spacial score (nSPS) is 25.4. The van der Waals surface area contributed by atoms with E-state index in [0.29, 0.717) is 0 Å². The Labute approximate surface area is 146 Å². The maximum atomic E-state index is 14.1. The van der Waals surface area contributed by atoms with Crippen molar-refractivity contribution in [1.82, 2.24) is 20.0 Å². The van der Waals surface area contributed by atoms with E-state index in [9.17, 15) is 22.4 Å². The van der Waals surface area contributed by atoms with Crippen molar-refractivity contribution in [3.8, 4) is 0 Å². The summed E-state index contributed by atoms with van der Waals surface area (Å²) in [7, 11) is 0. The molecule has 0 unspecified atom stereocenters. The summed E-state index contributed by atoms with van der Waals surface area (Å²) >= 11 is 0. The predicted molar refractivity (Wildman–Crippen MR) is 84.7 cm³/mol. The number of rotatable bonds is 3. The number of pyridine rings is 1. The molecule has 3 atom stereocenters. The molecule has 4 rings (SSSR count). The summed E-state index contributed by atoms with van der Waals surface area (Å²) in [5.74, 6) is -0.828. The average molecular weight is 370 g/mol. The maximum Gasteiger partial charge on any atom is 0.435 e. The second kappa shape index (κ2) is 5.42. The first-order valence-electron chi connectivity index (χ1n) is 8.38. The smallest absolute Gasteiger partial charge is 0.344 e. The Kier molecular flexibility index (Phi) is 3.60. The van der Waals surface area contributed by atoms with Gasteiger partial charge in [-0.1, -0.05) is 0 Å². The average Bonchev–Trinajstić information content (AvgIpc) is 2.89. The van der Waals surface area contributed by atoms with Crippen LogP contribution in [0.4, 0.5) is 17.6 Å². The van der Waals surface area contributed by atoms with Crippen LogP contribution < -0.4 is 10.6 Å². The quantitative estimate of drug-likeness (QED) is 0.816. The monoisotopic (exact) mass is 370 g/mol. The van der Waals surface area contributed by atoms with E-state index in [1.807, 2.05) is 0 Å². The van der Waals surface area contributed by atoms with Crippen molar-refractivity contribution in [3.63, 3.8) is 0 Å². The molecule has 1 saturated carbocycles. The van der Waals surface area contributed by atoms with Gasteiger partial charge >= 0.3 is 6.18 Å². The number of fused-ring (bicyclic) bond motifs is 2. The van der Waals surface area contributed by atoms with Gasteiger partial charge in [-0.2, -0.15) is 13.2 Å². The zero-order chi connectivity index (χ0) is 18.9. The van der Waals surface area contributed by atoms with Crippen molar-refractivity contribution in [2.45, 2.75) is 25.6 Å². The summed E-state index contributed by atoms with van der Waals surface area (Å²) in [4.78, 5) is 16.2. The number of alkyl halides is 3. The van der Waals surface area contributed by atoms with E-state index >= 15 is 0 Å². The van der Waals surface area contributed by atoms with Crippen LogP contribution in [0, 0.1) is 23.6 Å². The largest absolute Gasteiger partial charge is 0.435 e. The molecule has 2 fully saturated rings. The minimum Gasteiger partial charge on any atom is -0.344 e. The van der Waals surface area contributed by atoms with Gasteiger partial charge in [0.2, 0.25) is 5.91 Å². The fourth-order valence-corrected chi connectivity index (χ4v) is 3.99. The molecule has 1 saturated heterocycles. The molecule has 1 aliphatic heterocycles. The van der Waals surface area contributed by atoms with Crippen LogP contribution in [0.5, 0.6) is 0 Å². The molecule has 2 aromatic rings. The predicted octanol–water partition coefficient (Wildman–Crippen LogP) is 2.31. The van der Waals surface area contributed by atoms with E-state index in [0.717, 1.165) is 23.6 Å². The molecule has 26 heavy (non-hydrogen) atoms. The SMILES string of the molecule is CC(C)(NC(=O)[C@H]1[C@@H]2CNC[C@@H]21)c1nc(C(F)(F)F)c2c(F)cccn12. The van der Waals surface area contributed by atoms with Crippen LogP contribution in [0.2, 0.25) is 0 Å². The lowest BCUT2D eigenvalue weighted by molar-refractivity contribution is -0.139. The van der Waals surface area contributed by atoms with E-state index < -0.39 is 28.7 Å². The zero-order valence-corrected chi connectivity index (χ0v) is 14.2. The minimum absolute atomic E-state index is 0.0587. The fourth-order valence-electron chi connectivity index (χ4n) is 3.99. The standard InChI is InChI=1S/C17H18F4N4O/c1-16(2,24-14(26)11-8-6-22-7-9(8)11)15-23-13(17(19,20)21)12-10(18)4-3-5-25(12)15/h3-5,8-9,11,22H,6-7H2,1-2H3,(H,24,26)/t8-,9+,11+. The van der Waals surface area contributed by atoms with Gasteiger partial charge in [0.05, 0.1) is 5.54 Å². The lowest BCUT2D eigenvalue weighted by Crippen LogP contribution is -2.44. The molecule has 0 aromatic carbocycles. The first kappa shape index (κ1) is 17.3. The molecular weight excluding hydrogens is 352 g/mol. The first-order valence-corrected chi connectivity index (χ1v) is 8.38. The molecule has 140 valence electrons. The third-order valence-electron chi connectivity index (χ3n) is 5.27. The van der Waals surface area contributed by atoms with Gasteiger partial charge in [-0.25, -0.2) is 9.37 Å². The minimum atomic E-state index is -4.80. The molecule has 1 aliphatic carbocycles. The topological polar surface area (TPSA) is 58.4 Å². The summed E-state index contributed by atoms with van der Waals surface area (Å²) in [6.07, 6.45) is -3.48. The number of carbonyl (C=O) groups excluding carboxylic acids is 1. The van der Waals surface area contributed by atoms with Crippen molar-refractivity contribution in [2.75, 3.05) is 13.1 Å². The molecule has 0 spiro atoms. The van der Waals surface area contributed by atoms with Crippen molar-refractivity contribution in [1.29, 1.82) is 0 Å². The lowest BCUT2D eigenvalue weighted by atomic mass is 10.0. The molecule has 0 bridgehead atoms. The summed E-state index contributed by atoms with van der Waals surface area (Å²) < 4.78 is 55.1. The van der Waals surface area contributed by atoms with Crippen LogP contribution in [-0.2, 0) is 16.5 Å². The van der Waals surface area contributed by atoms with Gasteiger partial charge in [0.1, 0.15) is 17.2 Å². The summed E-state index contributed by atoms with van der Waals surface area (Å²) in [6, 6.07) is 2.27. The van der Waals surface area contributed by atoms with E-state index in [1.54, 1.807) is 13.8 Å². The van der Waals surface area contributed by atoms with E-state index in [-0.39, 0.29) is 29.5 Å². The fraction of sp³-hybridized carbons (Fsp3) is 0.529. The number of hydrogen-bond donors (Lipinski definition) is 2. The molecular formula is C17H18F4N4O. The summed E-state index contributed by atoms with van der Waals surface area (Å²) in [6.45, 7) is 4.69. The highest BCUT2D eigenvalue weighted by atomic mass is 19.4. The molecule has 2 aromatic heterocycles. The van der Waals surface area contributed by atoms with Crippen molar-refractivity contribution >= 4 is 11.4 Å². The number of carbonyl (C=O) groups is 1. The van der Waals surface area contributed by atoms with Gasteiger partial charge in [0.15, 0.2) is 5.69 Å². The molecule has 2 N–H and O–H groups in total.